The van der Waals surface area contributed by atoms with Gasteiger partial charge in [0.2, 0.25) is 0 Å². The highest BCUT2D eigenvalue weighted by Gasteiger charge is 2.44. The van der Waals surface area contributed by atoms with Crippen molar-refractivity contribution in [3.63, 3.8) is 0 Å². The van der Waals surface area contributed by atoms with Crippen LogP contribution >= 0.6 is 0 Å². The lowest BCUT2D eigenvalue weighted by atomic mass is 10.3. The van der Waals surface area contributed by atoms with E-state index in [9.17, 15) is 13.6 Å². The Bertz CT molecular complexity index is 404. The third-order valence-corrected chi connectivity index (χ3v) is 2.06. The predicted molar refractivity (Wildman–Crippen MR) is 64.4 cm³/mol. The van der Waals surface area contributed by atoms with Crippen LogP contribution in [0.1, 0.15) is 20.3 Å². The van der Waals surface area contributed by atoms with Crippen LogP contribution in [-0.4, -0.2) is 25.3 Å². The highest BCUT2D eigenvalue weighted by atomic mass is 19.3. The fraction of sp³-hybridized carbons (Fsp3) is 0.462. The molecule has 4 nitrogen and oxygen atoms in total. The van der Waals surface area contributed by atoms with Gasteiger partial charge in [0, 0.05) is 0 Å². The molecular formula is C13H16F2O4. The molecule has 6 heteroatoms. The molecule has 0 saturated carbocycles. The van der Waals surface area contributed by atoms with E-state index in [4.69, 9.17) is 4.74 Å². The fourth-order valence-electron chi connectivity index (χ4n) is 1.23. The molecule has 19 heavy (non-hydrogen) atoms. The zero-order chi connectivity index (χ0) is 14.3. The summed E-state index contributed by atoms with van der Waals surface area (Å²) in [6, 6.07) is 5.59. The van der Waals surface area contributed by atoms with E-state index in [0.29, 0.717) is 12.4 Å². The van der Waals surface area contributed by atoms with Crippen LogP contribution in [0.2, 0.25) is 0 Å². The first-order chi connectivity index (χ1) is 8.99. The first-order valence-corrected chi connectivity index (χ1v) is 5.96. The van der Waals surface area contributed by atoms with Crippen molar-refractivity contribution in [1.29, 1.82) is 0 Å². The molecule has 0 radical (unpaired) electrons. The summed E-state index contributed by atoms with van der Waals surface area (Å²) < 4.78 is 40.4. The molecule has 0 aliphatic rings. The molecule has 0 saturated heterocycles. The lowest BCUT2D eigenvalue weighted by Crippen LogP contribution is -2.36. The van der Waals surface area contributed by atoms with Crippen LogP contribution in [-0.2, 0) is 9.53 Å². The fourth-order valence-corrected chi connectivity index (χ4v) is 1.23. The standard InChI is InChI=1S/C13H16F2O4/c1-3-9-18-10-5-7-11(8-6-10)19-13(14,15)12(16)17-4-2/h5-8H,3-4,9H2,1-2H3. The van der Waals surface area contributed by atoms with Crippen molar-refractivity contribution in [1.82, 2.24) is 0 Å². The number of hydrogen-bond donors (Lipinski definition) is 0. The number of rotatable bonds is 7. The highest BCUT2D eigenvalue weighted by molar-refractivity contribution is 5.76. The van der Waals surface area contributed by atoms with Gasteiger partial charge in [-0.2, -0.15) is 8.78 Å². The van der Waals surface area contributed by atoms with Crippen LogP contribution in [0, 0.1) is 0 Å². The first kappa shape index (κ1) is 15.2. The summed E-state index contributed by atoms with van der Waals surface area (Å²) in [4.78, 5) is 11.0. The average molecular weight is 274 g/mol. The maximum atomic E-state index is 13.3. The number of hydrogen-bond acceptors (Lipinski definition) is 4. The van der Waals surface area contributed by atoms with Gasteiger partial charge in [0.15, 0.2) is 0 Å². The molecule has 1 aromatic rings. The van der Waals surface area contributed by atoms with Crippen molar-refractivity contribution in [2.75, 3.05) is 13.2 Å². The van der Waals surface area contributed by atoms with Crippen molar-refractivity contribution < 1.29 is 27.8 Å². The Morgan fingerprint density at radius 1 is 1.16 bits per heavy atom. The maximum Gasteiger partial charge on any atom is 0.502 e. The van der Waals surface area contributed by atoms with Crippen LogP contribution in [0.5, 0.6) is 11.5 Å². The summed E-state index contributed by atoms with van der Waals surface area (Å²) in [6.07, 6.45) is -3.15. The Kier molecular flexibility index (Phi) is 5.54. The van der Waals surface area contributed by atoms with E-state index in [1.807, 2.05) is 6.92 Å². The molecule has 0 aromatic heterocycles. The largest absolute Gasteiger partial charge is 0.502 e. The molecule has 0 atom stereocenters. The van der Waals surface area contributed by atoms with Crippen molar-refractivity contribution in [2.24, 2.45) is 0 Å². The Morgan fingerprint density at radius 2 is 1.74 bits per heavy atom. The van der Waals surface area contributed by atoms with E-state index in [-0.39, 0.29) is 12.4 Å². The normalized spacial score (nSPS) is 10.9. The molecule has 0 spiro atoms. The quantitative estimate of drug-likeness (QED) is 0.717. The lowest BCUT2D eigenvalue weighted by Gasteiger charge is -2.16. The molecule has 0 fully saturated rings. The minimum atomic E-state index is -4.00. The third kappa shape index (κ3) is 4.73. The minimum absolute atomic E-state index is 0.137. The summed E-state index contributed by atoms with van der Waals surface area (Å²) in [7, 11) is 0. The lowest BCUT2D eigenvalue weighted by molar-refractivity contribution is -0.216. The highest BCUT2D eigenvalue weighted by Crippen LogP contribution is 2.25. The molecule has 0 unspecified atom stereocenters. The topological polar surface area (TPSA) is 44.8 Å². The van der Waals surface area contributed by atoms with Crippen molar-refractivity contribution >= 4 is 5.97 Å². The molecule has 1 rings (SSSR count). The molecule has 0 aliphatic carbocycles. The van der Waals surface area contributed by atoms with E-state index >= 15 is 0 Å². The monoisotopic (exact) mass is 274 g/mol. The number of ether oxygens (including phenoxy) is 3. The van der Waals surface area contributed by atoms with Gasteiger partial charge in [-0.3, -0.25) is 0 Å². The summed E-state index contributed by atoms with van der Waals surface area (Å²) in [5.74, 6) is -1.29. The number of esters is 1. The number of alkyl halides is 2. The SMILES string of the molecule is CCCOc1ccc(OC(F)(F)C(=O)OCC)cc1. The van der Waals surface area contributed by atoms with Crippen LogP contribution in [0.25, 0.3) is 0 Å². The Balaban J connectivity index is 2.64. The molecule has 0 heterocycles. The van der Waals surface area contributed by atoms with Crippen LogP contribution in [0.4, 0.5) is 8.78 Å². The van der Waals surface area contributed by atoms with Crippen molar-refractivity contribution in [2.45, 2.75) is 26.4 Å². The number of carbonyl (C=O) groups excluding carboxylic acids is 1. The van der Waals surface area contributed by atoms with Gasteiger partial charge in [0.1, 0.15) is 11.5 Å². The van der Waals surface area contributed by atoms with Gasteiger partial charge in [0.05, 0.1) is 13.2 Å². The smallest absolute Gasteiger partial charge is 0.494 e. The van der Waals surface area contributed by atoms with Gasteiger partial charge >= 0.3 is 12.1 Å². The molecule has 0 amide bonds. The van der Waals surface area contributed by atoms with Crippen LogP contribution in [0.15, 0.2) is 24.3 Å². The van der Waals surface area contributed by atoms with Crippen LogP contribution < -0.4 is 9.47 Å². The summed E-state index contributed by atoms with van der Waals surface area (Å²) in [5.41, 5.74) is 0. The van der Waals surface area contributed by atoms with Crippen molar-refractivity contribution in [3.8, 4) is 11.5 Å². The van der Waals surface area contributed by atoms with Gasteiger partial charge in [0.25, 0.3) is 0 Å². The summed E-state index contributed by atoms with van der Waals surface area (Å²) in [5, 5.41) is 0. The van der Waals surface area contributed by atoms with Gasteiger partial charge in [-0.15, -0.1) is 0 Å². The third-order valence-electron chi connectivity index (χ3n) is 2.06. The Hall–Kier alpha value is -1.85. The average Bonchev–Trinajstić information content (AvgIpc) is 2.38. The van der Waals surface area contributed by atoms with E-state index in [2.05, 4.69) is 9.47 Å². The number of benzene rings is 1. The second kappa shape index (κ2) is 6.92. The summed E-state index contributed by atoms with van der Waals surface area (Å²) in [6.45, 7) is 3.80. The molecule has 0 aliphatic heterocycles. The first-order valence-electron chi connectivity index (χ1n) is 5.96. The van der Waals surface area contributed by atoms with Crippen LogP contribution in [0.3, 0.4) is 0 Å². The van der Waals surface area contributed by atoms with E-state index in [1.165, 1.54) is 31.2 Å². The molecular weight excluding hydrogens is 258 g/mol. The molecule has 1 aromatic carbocycles. The van der Waals surface area contributed by atoms with E-state index in [0.717, 1.165) is 6.42 Å². The summed E-state index contributed by atoms with van der Waals surface area (Å²) >= 11 is 0. The van der Waals surface area contributed by atoms with Gasteiger partial charge in [-0.1, -0.05) is 6.92 Å². The van der Waals surface area contributed by atoms with Crippen molar-refractivity contribution in [3.05, 3.63) is 24.3 Å². The maximum absolute atomic E-state index is 13.3. The Labute approximate surface area is 110 Å². The molecule has 106 valence electrons. The minimum Gasteiger partial charge on any atom is -0.494 e. The zero-order valence-electron chi connectivity index (χ0n) is 10.8. The number of carbonyl (C=O) groups is 1. The second-order valence-electron chi connectivity index (χ2n) is 3.66. The predicted octanol–water partition coefficient (Wildman–Crippen LogP) is 3.01. The van der Waals surface area contributed by atoms with E-state index < -0.39 is 12.1 Å². The zero-order valence-corrected chi connectivity index (χ0v) is 10.8. The number of halogens is 2. The van der Waals surface area contributed by atoms with Gasteiger partial charge < -0.3 is 14.2 Å². The molecule has 0 N–H and O–H groups in total. The molecule has 0 bridgehead atoms. The van der Waals surface area contributed by atoms with Gasteiger partial charge in [-0.25, -0.2) is 4.79 Å². The second-order valence-corrected chi connectivity index (χ2v) is 3.66. The Morgan fingerprint density at radius 3 is 2.26 bits per heavy atom. The van der Waals surface area contributed by atoms with E-state index in [1.54, 1.807) is 0 Å². The van der Waals surface area contributed by atoms with Gasteiger partial charge in [-0.05, 0) is 37.6 Å².